The summed E-state index contributed by atoms with van der Waals surface area (Å²) in [7, 11) is 0. The van der Waals surface area contributed by atoms with Crippen molar-refractivity contribution in [3.63, 3.8) is 0 Å². The topological polar surface area (TPSA) is 58.6 Å². The van der Waals surface area contributed by atoms with Gasteiger partial charge < -0.3 is 15.0 Å². The van der Waals surface area contributed by atoms with Gasteiger partial charge in [-0.15, -0.1) is 0 Å². The van der Waals surface area contributed by atoms with Gasteiger partial charge in [-0.3, -0.25) is 9.59 Å². The number of ether oxygens (including phenoxy) is 1. The lowest BCUT2D eigenvalue weighted by molar-refractivity contribution is -0.171. The predicted molar refractivity (Wildman–Crippen MR) is 85.4 cm³/mol. The summed E-state index contributed by atoms with van der Waals surface area (Å²) in [6.45, 7) is 8.74. The first-order valence-electron chi connectivity index (χ1n) is 8.54. The third-order valence-corrected chi connectivity index (χ3v) is 4.50. The van der Waals surface area contributed by atoms with E-state index >= 15 is 0 Å². The normalized spacial score (nSPS) is 26.6. The number of carbonyl (C=O) groups excluding carboxylic acids is 2. The molecular weight excluding hydrogens is 280 g/mol. The first-order chi connectivity index (χ1) is 10.3. The maximum Gasteiger partial charge on any atom is 0.314 e. The number of likely N-dealkylation sites (tertiary alicyclic amines) is 1. The van der Waals surface area contributed by atoms with Gasteiger partial charge in [0, 0.05) is 26.1 Å². The molecule has 0 aromatic carbocycles. The van der Waals surface area contributed by atoms with Crippen LogP contribution >= 0.6 is 0 Å². The lowest BCUT2D eigenvalue weighted by Gasteiger charge is -2.38. The average Bonchev–Trinajstić information content (AvgIpc) is 2.47. The molecule has 0 bridgehead atoms. The summed E-state index contributed by atoms with van der Waals surface area (Å²) in [5.74, 6) is -0.119. The van der Waals surface area contributed by atoms with Crippen molar-refractivity contribution in [3.05, 3.63) is 0 Å². The van der Waals surface area contributed by atoms with E-state index in [4.69, 9.17) is 4.74 Å². The molecule has 2 aliphatic rings. The second-order valence-electron chi connectivity index (χ2n) is 7.68. The minimum Gasteiger partial charge on any atom is -0.459 e. The van der Waals surface area contributed by atoms with Crippen molar-refractivity contribution in [1.82, 2.24) is 10.2 Å². The highest BCUT2D eigenvalue weighted by molar-refractivity contribution is 5.86. The Labute approximate surface area is 133 Å². The fraction of sp³-hybridized carbons (Fsp3) is 0.882. The van der Waals surface area contributed by atoms with Crippen LogP contribution in [-0.2, 0) is 14.3 Å². The number of hydrogen-bond acceptors (Lipinski definition) is 4. The first kappa shape index (κ1) is 17.3. The Kier molecular flexibility index (Phi) is 5.48. The summed E-state index contributed by atoms with van der Waals surface area (Å²) < 4.78 is 5.62. The Morgan fingerprint density at radius 1 is 1.14 bits per heavy atom. The van der Waals surface area contributed by atoms with E-state index in [0.29, 0.717) is 6.54 Å². The Hall–Kier alpha value is -1.10. The molecule has 2 fully saturated rings. The van der Waals surface area contributed by atoms with Gasteiger partial charge in [-0.25, -0.2) is 0 Å². The van der Waals surface area contributed by atoms with Crippen molar-refractivity contribution in [3.8, 4) is 0 Å². The van der Waals surface area contributed by atoms with Crippen molar-refractivity contribution in [2.45, 2.75) is 64.9 Å². The third kappa shape index (κ3) is 4.45. The Morgan fingerprint density at radius 2 is 1.82 bits per heavy atom. The summed E-state index contributed by atoms with van der Waals surface area (Å²) in [6, 6.07) is 0. The molecule has 2 rings (SSSR count). The number of nitrogens with one attached hydrogen (secondary N) is 1. The Morgan fingerprint density at radius 3 is 2.36 bits per heavy atom. The largest absolute Gasteiger partial charge is 0.459 e. The van der Waals surface area contributed by atoms with E-state index < -0.39 is 11.0 Å². The number of hydrogen-bond donors (Lipinski definition) is 1. The first-order valence-corrected chi connectivity index (χ1v) is 8.54. The maximum atomic E-state index is 12.7. The molecule has 1 atom stereocenters. The van der Waals surface area contributed by atoms with Gasteiger partial charge in [0.2, 0.25) is 5.91 Å². The van der Waals surface area contributed by atoms with E-state index in [1.807, 2.05) is 25.7 Å². The molecule has 5 nitrogen and oxygen atoms in total. The summed E-state index contributed by atoms with van der Waals surface area (Å²) in [5.41, 5.74) is -1.21. The van der Waals surface area contributed by atoms with Gasteiger partial charge in [0.15, 0.2) is 0 Å². The second-order valence-corrected chi connectivity index (χ2v) is 7.68. The Bertz CT molecular complexity index is 403. The molecule has 1 amide bonds. The SMILES string of the molecule is CC(C)(C)OC(=O)[C@@]1(CC(=O)N2CCCCC2)CCCNC1. The van der Waals surface area contributed by atoms with E-state index in [0.717, 1.165) is 45.3 Å². The summed E-state index contributed by atoms with van der Waals surface area (Å²) >= 11 is 0. The molecule has 2 heterocycles. The molecule has 0 aromatic rings. The predicted octanol–water partition coefficient (Wildman–Crippen LogP) is 2.10. The molecule has 0 aliphatic carbocycles. The van der Waals surface area contributed by atoms with Gasteiger partial charge in [0.1, 0.15) is 5.60 Å². The van der Waals surface area contributed by atoms with Crippen LogP contribution in [0.1, 0.15) is 59.3 Å². The number of esters is 1. The quantitative estimate of drug-likeness (QED) is 0.811. The van der Waals surface area contributed by atoms with Crippen LogP contribution in [0, 0.1) is 5.41 Å². The lowest BCUT2D eigenvalue weighted by Crippen LogP contribution is -2.51. The van der Waals surface area contributed by atoms with Crippen LogP contribution in [0.25, 0.3) is 0 Å². The molecule has 1 N–H and O–H groups in total. The van der Waals surface area contributed by atoms with E-state index in [2.05, 4.69) is 5.32 Å². The monoisotopic (exact) mass is 310 g/mol. The van der Waals surface area contributed by atoms with Crippen molar-refractivity contribution in [2.75, 3.05) is 26.2 Å². The fourth-order valence-corrected chi connectivity index (χ4v) is 3.30. The lowest BCUT2D eigenvalue weighted by atomic mass is 9.77. The van der Waals surface area contributed by atoms with Gasteiger partial charge in [0.25, 0.3) is 0 Å². The van der Waals surface area contributed by atoms with Gasteiger partial charge in [-0.05, 0) is 59.4 Å². The number of rotatable bonds is 3. The van der Waals surface area contributed by atoms with Crippen LogP contribution in [-0.4, -0.2) is 48.6 Å². The molecule has 0 radical (unpaired) electrons. The fourth-order valence-electron chi connectivity index (χ4n) is 3.30. The summed E-state index contributed by atoms with van der Waals surface area (Å²) in [6.07, 6.45) is 5.26. The van der Waals surface area contributed by atoms with Crippen LogP contribution in [0.4, 0.5) is 0 Å². The van der Waals surface area contributed by atoms with Crippen LogP contribution in [0.2, 0.25) is 0 Å². The maximum absolute atomic E-state index is 12.7. The van der Waals surface area contributed by atoms with Gasteiger partial charge in [-0.1, -0.05) is 0 Å². The smallest absolute Gasteiger partial charge is 0.314 e. The van der Waals surface area contributed by atoms with Crippen molar-refractivity contribution >= 4 is 11.9 Å². The van der Waals surface area contributed by atoms with E-state index in [1.165, 1.54) is 6.42 Å². The molecule has 22 heavy (non-hydrogen) atoms. The molecule has 2 aliphatic heterocycles. The summed E-state index contributed by atoms with van der Waals surface area (Å²) in [4.78, 5) is 27.3. The zero-order chi connectivity index (χ0) is 16.2. The van der Waals surface area contributed by atoms with Gasteiger partial charge in [-0.2, -0.15) is 0 Å². The highest BCUT2D eigenvalue weighted by Crippen LogP contribution is 2.34. The molecular formula is C17H30N2O3. The van der Waals surface area contributed by atoms with Crippen LogP contribution in [0.5, 0.6) is 0 Å². The van der Waals surface area contributed by atoms with Gasteiger partial charge in [0.05, 0.1) is 5.41 Å². The second kappa shape index (κ2) is 6.99. The van der Waals surface area contributed by atoms with Crippen LogP contribution in [0.15, 0.2) is 0 Å². The van der Waals surface area contributed by atoms with Crippen LogP contribution in [0.3, 0.4) is 0 Å². The van der Waals surface area contributed by atoms with Crippen molar-refractivity contribution < 1.29 is 14.3 Å². The summed E-state index contributed by atoms with van der Waals surface area (Å²) in [5, 5.41) is 3.28. The van der Waals surface area contributed by atoms with Crippen molar-refractivity contribution in [1.29, 1.82) is 0 Å². The zero-order valence-corrected chi connectivity index (χ0v) is 14.2. The van der Waals surface area contributed by atoms with Gasteiger partial charge >= 0.3 is 5.97 Å². The molecule has 2 saturated heterocycles. The van der Waals surface area contributed by atoms with E-state index in [-0.39, 0.29) is 18.3 Å². The minimum absolute atomic E-state index is 0.106. The third-order valence-electron chi connectivity index (χ3n) is 4.50. The van der Waals surface area contributed by atoms with Crippen LogP contribution < -0.4 is 5.32 Å². The highest BCUT2D eigenvalue weighted by atomic mass is 16.6. The minimum atomic E-state index is -0.694. The number of piperidine rings is 2. The molecule has 0 saturated carbocycles. The average molecular weight is 310 g/mol. The number of carbonyl (C=O) groups is 2. The molecule has 5 heteroatoms. The van der Waals surface area contributed by atoms with E-state index in [1.54, 1.807) is 0 Å². The van der Waals surface area contributed by atoms with E-state index in [9.17, 15) is 9.59 Å². The standard InChI is InChI=1S/C17H30N2O3/c1-16(2,3)22-15(21)17(8-7-9-18-13-17)12-14(20)19-10-5-4-6-11-19/h18H,4-13H2,1-3H3/t17-/m1/s1. The number of amides is 1. The Balaban J connectivity index is 2.07. The molecule has 0 unspecified atom stereocenters. The highest BCUT2D eigenvalue weighted by Gasteiger charge is 2.45. The number of nitrogens with zero attached hydrogens (tertiary/aromatic N) is 1. The molecule has 126 valence electrons. The van der Waals surface area contributed by atoms with Crippen molar-refractivity contribution in [2.24, 2.45) is 5.41 Å². The zero-order valence-electron chi connectivity index (χ0n) is 14.2. The molecule has 0 spiro atoms. The molecule has 0 aromatic heterocycles.